The molecule has 3 amide bonds. The lowest BCUT2D eigenvalue weighted by Crippen LogP contribution is -2.59. The van der Waals surface area contributed by atoms with E-state index in [1.807, 2.05) is 43.5 Å². The van der Waals surface area contributed by atoms with Gasteiger partial charge in [-0.2, -0.15) is 11.8 Å². The Kier molecular flexibility index (Phi) is 13.4. The summed E-state index contributed by atoms with van der Waals surface area (Å²) in [6.07, 6.45) is 3.18. The number of carbonyl (C=O) groups excluding carboxylic acids is 3. The van der Waals surface area contributed by atoms with Gasteiger partial charge in [0.2, 0.25) is 17.7 Å². The van der Waals surface area contributed by atoms with Crippen molar-refractivity contribution < 1.29 is 24.3 Å². The highest BCUT2D eigenvalue weighted by Crippen LogP contribution is 2.12. The number of amides is 3. The maximum Gasteiger partial charge on any atom is 0.326 e. The second-order valence-electron chi connectivity index (χ2n) is 9.08. The highest BCUT2D eigenvalue weighted by atomic mass is 32.2. The van der Waals surface area contributed by atoms with Crippen molar-refractivity contribution in [3.8, 4) is 0 Å². The molecule has 0 fully saturated rings. The van der Waals surface area contributed by atoms with Crippen molar-refractivity contribution in [2.45, 2.75) is 71.1 Å². The topological polar surface area (TPSA) is 151 Å². The highest BCUT2D eigenvalue weighted by Gasteiger charge is 2.33. The first-order valence-electron chi connectivity index (χ1n) is 11.9. The first kappa shape index (κ1) is 30.4. The van der Waals surface area contributed by atoms with Crippen molar-refractivity contribution >= 4 is 35.5 Å². The SMILES string of the molecule is CCC(C)C(NC(=O)C(Cc1ccccc1)NC(=O)C(N)CCSC)C(=O)NC(C(=O)O)C(C)C. The van der Waals surface area contributed by atoms with Gasteiger partial charge in [0.1, 0.15) is 18.1 Å². The Morgan fingerprint density at radius 3 is 2.06 bits per heavy atom. The van der Waals surface area contributed by atoms with Gasteiger partial charge in [-0.1, -0.05) is 64.4 Å². The zero-order chi connectivity index (χ0) is 26.5. The van der Waals surface area contributed by atoms with Gasteiger partial charge in [-0.15, -0.1) is 0 Å². The number of benzene rings is 1. The zero-order valence-electron chi connectivity index (χ0n) is 21.2. The van der Waals surface area contributed by atoms with Crippen molar-refractivity contribution in [2.24, 2.45) is 17.6 Å². The Labute approximate surface area is 212 Å². The van der Waals surface area contributed by atoms with Crippen molar-refractivity contribution in [2.75, 3.05) is 12.0 Å². The molecule has 6 N–H and O–H groups in total. The van der Waals surface area contributed by atoms with Crippen LogP contribution in [0.3, 0.4) is 0 Å². The van der Waals surface area contributed by atoms with Gasteiger partial charge < -0.3 is 26.8 Å². The average Bonchev–Trinajstić information content (AvgIpc) is 2.83. The standard InChI is InChI=1S/C25H40N4O5S/c1-6-16(4)21(24(32)28-20(15(2)3)25(33)34)29-23(31)19(14-17-10-8-7-9-11-17)27-22(30)18(26)12-13-35-5/h7-11,15-16,18-21H,6,12-14,26H2,1-5H3,(H,27,30)(H,28,32)(H,29,31)(H,33,34). The molecular weight excluding hydrogens is 468 g/mol. The molecule has 0 radical (unpaired) electrons. The summed E-state index contributed by atoms with van der Waals surface area (Å²) in [5.74, 6) is -2.58. The fourth-order valence-electron chi connectivity index (χ4n) is 3.43. The average molecular weight is 509 g/mol. The molecule has 0 aromatic heterocycles. The van der Waals surface area contributed by atoms with E-state index in [1.54, 1.807) is 32.5 Å². The monoisotopic (exact) mass is 508 g/mol. The van der Waals surface area contributed by atoms with Crippen LogP contribution in [0.1, 0.15) is 46.1 Å². The van der Waals surface area contributed by atoms with Crippen LogP contribution in [0.5, 0.6) is 0 Å². The van der Waals surface area contributed by atoms with E-state index in [0.29, 0.717) is 18.6 Å². The molecule has 1 aromatic carbocycles. The van der Waals surface area contributed by atoms with Crippen LogP contribution in [-0.4, -0.2) is 65.0 Å². The number of hydrogen-bond acceptors (Lipinski definition) is 6. The van der Waals surface area contributed by atoms with Crippen LogP contribution in [0.2, 0.25) is 0 Å². The van der Waals surface area contributed by atoms with Gasteiger partial charge in [0, 0.05) is 6.42 Å². The van der Waals surface area contributed by atoms with Crippen LogP contribution >= 0.6 is 11.8 Å². The van der Waals surface area contributed by atoms with Gasteiger partial charge in [-0.3, -0.25) is 14.4 Å². The van der Waals surface area contributed by atoms with Crippen molar-refractivity contribution in [3.05, 3.63) is 35.9 Å². The molecule has 0 aliphatic carbocycles. The Bertz CT molecular complexity index is 836. The van der Waals surface area contributed by atoms with Crippen LogP contribution in [-0.2, 0) is 25.6 Å². The molecule has 1 rings (SSSR count). The fraction of sp³-hybridized carbons (Fsp3) is 0.600. The van der Waals surface area contributed by atoms with E-state index in [1.165, 1.54) is 0 Å². The number of carbonyl (C=O) groups is 4. The molecule has 1 aromatic rings. The Morgan fingerprint density at radius 2 is 1.54 bits per heavy atom. The van der Waals surface area contributed by atoms with E-state index < -0.39 is 47.9 Å². The largest absolute Gasteiger partial charge is 0.480 e. The van der Waals surface area contributed by atoms with Gasteiger partial charge in [0.15, 0.2) is 0 Å². The Balaban J connectivity index is 3.11. The van der Waals surface area contributed by atoms with Gasteiger partial charge in [-0.25, -0.2) is 4.79 Å². The minimum absolute atomic E-state index is 0.215. The zero-order valence-corrected chi connectivity index (χ0v) is 22.1. The number of thioether (sulfide) groups is 1. The number of nitrogens with two attached hydrogens (primary N) is 1. The number of rotatable bonds is 15. The second kappa shape index (κ2) is 15.4. The van der Waals surface area contributed by atoms with E-state index in [-0.39, 0.29) is 18.3 Å². The molecule has 0 saturated carbocycles. The molecule has 10 heteroatoms. The lowest BCUT2D eigenvalue weighted by molar-refractivity contribution is -0.144. The van der Waals surface area contributed by atoms with E-state index >= 15 is 0 Å². The summed E-state index contributed by atoms with van der Waals surface area (Å²) >= 11 is 1.58. The first-order chi connectivity index (χ1) is 16.5. The molecule has 0 spiro atoms. The lowest BCUT2D eigenvalue weighted by Gasteiger charge is -2.29. The summed E-state index contributed by atoms with van der Waals surface area (Å²) in [4.78, 5) is 50.6. The minimum Gasteiger partial charge on any atom is -0.480 e. The van der Waals surface area contributed by atoms with Gasteiger partial charge in [0.25, 0.3) is 0 Å². The maximum atomic E-state index is 13.3. The van der Waals surface area contributed by atoms with Crippen LogP contribution in [0.4, 0.5) is 0 Å². The first-order valence-corrected chi connectivity index (χ1v) is 13.3. The summed E-state index contributed by atoms with van der Waals surface area (Å²) in [6, 6.07) is 5.46. The van der Waals surface area contributed by atoms with Crippen LogP contribution < -0.4 is 21.7 Å². The highest BCUT2D eigenvalue weighted by molar-refractivity contribution is 7.98. The predicted octanol–water partition coefficient (Wildman–Crippen LogP) is 1.55. The predicted molar refractivity (Wildman–Crippen MR) is 139 cm³/mol. The molecule has 9 nitrogen and oxygen atoms in total. The molecule has 35 heavy (non-hydrogen) atoms. The van der Waals surface area contributed by atoms with Gasteiger partial charge >= 0.3 is 5.97 Å². The minimum atomic E-state index is -1.14. The van der Waals surface area contributed by atoms with Crippen LogP contribution in [0, 0.1) is 11.8 Å². The third-order valence-corrected chi connectivity index (χ3v) is 6.55. The quantitative estimate of drug-likeness (QED) is 0.241. The summed E-state index contributed by atoms with van der Waals surface area (Å²) in [5, 5.41) is 17.5. The second-order valence-corrected chi connectivity index (χ2v) is 10.1. The molecule has 0 heterocycles. The van der Waals surface area contributed by atoms with E-state index in [9.17, 15) is 24.3 Å². The number of nitrogens with one attached hydrogen (secondary N) is 3. The van der Waals surface area contributed by atoms with Crippen molar-refractivity contribution in [3.63, 3.8) is 0 Å². The van der Waals surface area contributed by atoms with E-state index in [0.717, 1.165) is 5.56 Å². The lowest BCUT2D eigenvalue weighted by atomic mass is 9.96. The molecule has 196 valence electrons. The van der Waals surface area contributed by atoms with Crippen LogP contribution in [0.25, 0.3) is 0 Å². The van der Waals surface area contributed by atoms with Gasteiger partial charge in [0.05, 0.1) is 6.04 Å². The summed E-state index contributed by atoms with van der Waals surface area (Å²) < 4.78 is 0. The molecule has 0 aliphatic heterocycles. The molecular formula is C25H40N4O5S. The maximum absolute atomic E-state index is 13.3. The number of carboxylic acid groups (broad SMARTS) is 1. The summed E-state index contributed by atoms with van der Waals surface area (Å²) in [6.45, 7) is 7.07. The smallest absolute Gasteiger partial charge is 0.326 e. The molecule has 5 unspecified atom stereocenters. The number of carboxylic acids is 1. The van der Waals surface area contributed by atoms with Gasteiger partial charge in [-0.05, 0) is 35.8 Å². The summed E-state index contributed by atoms with van der Waals surface area (Å²) in [7, 11) is 0. The summed E-state index contributed by atoms with van der Waals surface area (Å²) in [5.41, 5.74) is 6.83. The van der Waals surface area contributed by atoms with E-state index in [4.69, 9.17) is 5.73 Å². The number of aliphatic carboxylic acids is 1. The van der Waals surface area contributed by atoms with Crippen molar-refractivity contribution in [1.29, 1.82) is 0 Å². The number of hydrogen-bond donors (Lipinski definition) is 5. The third kappa shape index (κ3) is 10.3. The van der Waals surface area contributed by atoms with E-state index in [2.05, 4.69) is 16.0 Å². The van der Waals surface area contributed by atoms with Crippen LogP contribution in [0.15, 0.2) is 30.3 Å². The Hall–Kier alpha value is -2.59. The molecule has 5 atom stereocenters. The fourth-order valence-corrected chi connectivity index (χ4v) is 3.92. The molecule has 0 aliphatic rings. The molecule has 0 bridgehead atoms. The van der Waals surface area contributed by atoms with Crippen molar-refractivity contribution in [1.82, 2.24) is 16.0 Å². The normalized spacial score (nSPS) is 15.4. The molecule has 0 saturated heterocycles. The third-order valence-electron chi connectivity index (χ3n) is 5.91. The Morgan fingerprint density at radius 1 is 0.943 bits per heavy atom.